The normalized spacial score (nSPS) is 12.6. The number of para-hydroxylation sites is 4. The molecule has 272 valence electrons. The first kappa shape index (κ1) is 32.6. The molecule has 1 aliphatic rings. The van der Waals surface area contributed by atoms with Gasteiger partial charge in [-0.25, -0.2) is 0 Å². The SMILES string of the molecule is C1=Cc2c(n(-c3ccccc3)c3cccc(-c4ccc5c6cc(-c7ccc8c(c7)c7ccccc7n8-c7ccccc7)ccc6n(-c6ccccc6)c5c4)c23)C=CC1. The summed E-state index contributed by atoms with van der Waals surface area (Å²) < 4.78 is 7.23. The molecule has 0 unspecified atom stereocenters. The summed E-state index contributed by atoms with van der Waals surface area (Å²) in [6.45, 7) is 0. The van der Waals surface area contributed by atoms with Crippen LogP contribution in [0.25, 0.3) is 106 Å². The lowest BCUT2D eigenvalue weighted by molar-refractivity contribution is 1.10. The fourth-order valence-electron chi connectivity index (χ4n) is 9.49. The Labute approximate surface area is 336 Å². The summed E-state index contributed by atoms with van der Waals surface area (Å²) in [5, 5.41) is 6.27. The highest BCUT2D eigenvalue weighted by atomic mass is 15.0. The van der Waals surface area contributed by atoms with Crippen LogP contribution in [-0.4, -0.2) is 13.7 Å². The van der Waals surface area contributed by atoms with Gasteiger partial charge in [0.05, 0.1) is 33.3 Å². The highest BCUT2D eigenvalue weighted by Gasteiger charge is 2.21. The number of fused-ring (bicyclic) bond motifs is 9. The van der Waals surface area contributed by atoms with Crippen LogP contribution in [0.5, 0.6) is 0 Å². The largest absolute Gasteiger partial charge is 0.309 e. The lowest BCUT2D eigenvalue weighted by Crippen LogP contribution is -1.96. The maximum absolute atomic E-state index is 2.44. The second-order valence-electron chi connectivity index (χ2n) is 15.3. The lowest BCUT2D eigenvalue weighted by atomic mass is 9.96. The minimum atomic E-state index is 0.920. The van der Waals surface area contributed by atoms with E-state index in [0.717, 1.165) is 12.1 Å². The Morgan fingerprint density at radius 1 is 0.328 bits per heavy atom. The van der Waals surface area contributed by atoms with Crippen LogP contribution in [-0.2, 0) is 0 Å². The van der Waals surface area contributed by atoms with Crippen LogP contribution in [0.1, 0.15) is 17.7 Å². The maximum Gasteiger partial charge on any atom is 0.0547 e. The molecule has 12 rings (SSSR count). The smallest absolute Gasteiger partial charge is 0.0547 e. The predicted octanol–water partition coefficient (Wildman–Crippen LogP) is 14.6. The van der Waals surface area contributed by atoms with E-state index in [-0.39, 0.29) is 0 Å². The molecule has 0 bridgehead atoms. The van der Waals surface area contributed by atoms with E-state index in [1.165, 1.54) is 99.4 Å². The third-order valence-electron chi connectivity index (χ3n) is 12.0. The number of nitrogens with zero attached hydrogens (tertiary/aromatic N) is 3. The molecule has 3 nitrogen and oxygen atoms in total. The van der Waals surface area contributed by atoms with Crippen LogP contribution in [0, 0.1) is 0 Å². The van der Waals surface area contributed by atoms with Gasteiger partial charge in [-0.05, 0) is 114 Å². The average molecular weight is 740 g/mol. The number of benzene rings is 8. The van der Waals surface area contributed by atoms with Crippen molar-refractivity contribution < 1.29 is 0 Å². The number of aromatic nitrogens is 3. The monoisotopic (exact) mass is 739 g/mol. The van der Waals surface area contributed by atoms with Gasteiger partial charge in [-0.15, -0.1) is 0 Å². The molecule has 0 radical (unpaired) electrons. The van der Waals surface area contributed by atoms with Crippen LogP contribution < -0.4 is 0 Å². The molecular weight excluding hydrogens is 703 g/mol. The van der Waals surface area contributed by atoms with E-state index < -0.39 is 0 Å². The van der Waals surface area contributed by atoms with Crippen molar-refractivity contribution in [1.29, 1.82) is 0 Å². The Hall–Kier alpha value is -7.62. The van der Waals surface area contributed by atoms with E-state index in [4.69, 9.17) is 0 Å². The summed E-state index contributed by atoms with van der Waals surface area (Å²) in [4.78, 5) is 0. The summed E-state index contributed by atoms with van der Waals surface area (Å²) in [5.74, 6) is 0. The van der Waals surface area contributed by atoms with Gasteiger partial charge in [0.2, 0.25) is 0 Å². The van der Waals surface area contributed by atoms with Gasteiger partial charge in [0, 0.05) is 49.6 Å². The van der Waals surface area contributed by atoms with E-state index in [2.05, 4.69) is 226 Å². The van der Waals surface area contributed by atoms with E-state index in [0.29, 0.717) is 0 Å². The van der Waals surface area contributed by atoms with Crippen LogP contribution >= 0.6 is 0 Å². The zero-order valence-electron chi connectivity index (χ0n) is 31.8. The van der Waals surface area contributed by atoms with Gasteiger partial charge in [-0.2, -0.15) is 0 Å². The van der Waals surface area contributed by atoms with Crippen molar-refractivity contribution in [2.24, 2.45) is 0 Å². The summed E-state index contributed by atoms with van der Waals surface area (Å²) >= 11 is 0. The Morgan fingerprint density at radius 2 is 0.845 bits per heavy atom. The molecular formula is C55H37N3. The summed E-state index contributed by atoms with van der Waals surface area (Å²) in [6, 6.07) is 68.7. The van der Waals surface area contributed by atoms with Crippen molar-refractivity contribution in [2.45, 2.75) is 6.42 Å². The second kappa shape index (κ2) is 13.0. The molecule has 3 aromatic heterocycles. The highest BCUT2D eigenvalue weighted by Crippen LogP contribution is 2.43. The number of rotatable bonds is 5. The van der Waals surface area contributed by atoms with Gasteiger partial charge in [-0.3, -0.25) is 0 Å². The molecule has 58 heavy (non-hydrogen) atoms. The highest BCUT2D eigenvalue weighted by molar-refractivity contribution is 6.14. The van der Waals surface area contributed by atoms with E-state index in [1.54, 1.807) is 0 Å². The average Bonchev–Trinajstić information content (AvgIpc) is 3.83. The fraction of sp³-hybridized carbons (Fsp3) is 0.0182. The molecule has 1 aliphatic carbocycles. The zero-order valence-corrected chi connectivity index (χ0v) is 31.8. The minimum absolute atomic E-state index is 0.920. The zero-order chi connectivity index (χ0) is 38.2. The van der Waals surface area contributed by atoms with E-state index in [1.807, 2.05) is 0 Å². The van der Waals surface area contributed by atoms with Gasteiger partial charge in [0.1, 0.15) is 0 Å². The molecule has 0 atom stereocenters. The first-order chi connectivity index (χ1) is 28.8. The third kappa shape index (κ3) is 4.93. The van der Waals surface area contributed by atoms with Gasteiger partial charge in [0.25, 0.3) is 0 Å². The van der Waals surface area contributed by atoms with Crippen molar-refractivity contribution in [1.82, 2.24) is 13.7 Å². The van der Waals surface area contributed by atoms with Crippen LogP contribution in [0.2, 0.25) is 0 Å². The number of hydrogen-bond donors (Lipinski definition) is 0. The molecule has 0 saturated carbocycles. The maximum atomic E-state index is 2.44. The van der Waals surface area contributed by atoms with Crippen LogP contribution in [0.15, 0.2) is 200 Å². The topological polar surface area (TPSA) is 14.8 Å². The summed E-state index contributed by atoms with van der Waals surface area (Å²) in [5.41, 5.74) is 16.8. The Balaban J connectivity index is 1.06. The fourth-order valence-corrected chi connectivity index (χ4v) is 9.49. The molecule has 0 amide bonds. The number of hydrogen-bond acceptors (Lipinski definition) is 0. The summed E-state index contributed by atoms with van der Waals surface area (Å²) in [6.07, 6.45) is 10.1. The van der Waals surface area contributed by atoms with Gasteiger partial charge in [0.15, 0.2) is 0 Å². The van der Waals surface area contributed by atoms with Gasteiger partial charge in [-0.1, -0.05) is 127 Å². The molecule has 0 spiro atoms. The van der Waals surface area contributed by atoms with Crippen molar-refractivity contribution in [3.05, 3.63) is 211 Å². The van der Waals surface area contributed by atoms with Crippen LogP contribution in [0.4, 0.5) is 0 Å². The van der Waals surface area contributed by atoms with E-state index in [9.17, 15) is 0 Å². The van der Waals surface area contributed by atoms with Gasteiger partial charge < -0.3 is 13.7 Å². The molecule has 0 fully saturated rings. The van der Waals surface area contributed by atoms with Crippen LogP contribution in [0.3, 0.4) is 0 Å². The van der Waals surface area contributed by atoms with Crippen molar-refractivity contribution in [3.63, 3.8) is 0 Å². The molecule has 0 N–H and O–H groups in total. The summed E-state index contributed by atoms with van der Waals surface area (Å²) in [7, 11) is 0. The third-order valence-corrected chi connectivity index (χ3v) is 12.0. The first-order valence-corrected chi connectivity index (χ1v) is 20.1. The molecule has 0 saturated heterocycles. The Bertz CT molecular complexity index is 3450. The standard InChI is InChI=1S/C55H37N3/c1-5-16-40(17-6-1)56-49-26-14-13-22-44(49)47-34-37(29-32-51(47)56)38-30-33-52-48(35-38)45-31-28-39(36-54(45)58(52)42-20-9-3-10-21-42)43-24-15-27-53-55(43)46-23-11-4-12-25-50(46)57(53)41-18-7-2-8-19-41/h1-3,5-36H,4H2. The molecule has 3 heteroatoms. The predicted molar refractivity (Wildman–Crippen MR) is 246 cm³/mol. The molecule has 3 heterocycles. The van der Waals surface area contributed by atoms with E-state index >= 15 is 0 Å². The molecule has 8 aromatic carbocycles. The first-order valence-electron chi connectivity index (χ1n) is 20.1. The van der Waals surface area contributed by atoms with Crippen molar-refractivity contribution in [2.75, 3.05) is 0 Å². The Kier molecular flexibility index (Phi) is 7.29. The van der Waals surface area contributed by atoms with Crippen molar-refractivity contribution >= 4 is 66.7 Å². The number of allylic oxidation sites excluding steroid dienone is 2. The lowest BCUT2D eigenvalue weighted by Gasteiger charge is -2.11. The minimum Gasteiger partial charge on any atom is -0.309 e. The molecule has 11 aromatic rings. The van der Waals surface area contributed by atoms with Gasteiger partial charge >= 0.3 is 0 Å². The van der Waals surface area contributed by atoms with Crippen molar-refractivity contribution in [3.8, 4) is 39.3 Å². The Morgan fingerprint density at radius 3 is 1.52 bits per heavy atom. The quantitative estimate of drug-likeness (QED) is 0.167. The second-order valence-corrected chi connectivity index (χ2v) is 15.3. The molecule has 0 aliphatic heterocycles.